The smallest absolute Gasteiger partial charge is 0.163 e. The average molecular weight is 420 g/mol. The number of halogens is 1. The Labute approximate surface area is 178 Å². The lowest BCUT2D eigenvalue weighted by Crippen LogP contribution is -2.04. The Morgan fingerprint density at radius 2 is 1.87 bits per heavy atom. The van der Waals surface area contributed by atoms with Gasteiger partial charge in [0.15, 0.2) is 11.5 Å². The number of nitrogens with zero attached hydrogens (tertiary/aromatic N) is 3. The molecular weight excluding hydrogens is 399 g/mol. The number of pyridine rings is 1. The molecule has 0 aliphatic carbocycles. The van der Waals surface area contributed by atoms with Crippen LogP contribution in [-0.4, -0.2) is 33.8 Å². The van der Waals surface area contributed by atoms with E-state index in [9.17, 15) is 9.50 Å². The number of aromatic nitrogens is 3. The van der Waals surface area contributed by atoms with E-state index in [0.717, 1.165) is 12.0 Å². The van der Waals surface area contributed by atoms with Crippen molar-refractivity contribution in [2.45, 2.75) is 13.3 Å². The van der Waals surface area contributed by atoms with Crippen LogP contribution in [0.3, 0.4) is 0 Å². The number of nitrogens with one attached hydrogen (secondary N) is 1. The van der Waals surface area contributed by atoms with Crippen molar-refractivity contribution in [1.82, 2.24) is 15.0 Å². The molecule has 0 aliphatic rings. The molecule has 2 N–H and O–H groups in total. The van der Waals surface area contributed by atoms with Gasteiger partial charge in [-0.05, 0) is 42.3 Å². The van der Waals surface area contributed by atoms with Gasteiger partial charge in [-0.25, -0.2) is 14.4 Å². The number of aryl methyl sites for hydroxylation is 1. The number of anilines is 2. The zero-order chi connectivity index (χ0) is 21.8. The van der Waals surface area contributed by atoms with Crippen LogP contribution >= 0.6 is 0 Å². The summed E-state index contributed by atoms with van der Waals surface area (Å²) in [5.74, 6) is 0.934. The Balaban J connectivity index is 1.61. The van der Waals surface area contributed by atoms with Gasteiger partial charge in [0.2, 0.25) is 0 Å². The summed E-state index contributed by atoms with van der Waals surface area (Å²) in [6, 6.07) is 9.97. The van der Waals surface area contributed by atoms with Gasteiger partial charge in [0.1, 0.15) is 23.7 Å². The molecule has 8 heteroatoms. The molecule has 2 heterocycles. The summed E-state index contributed by atoms with van der Waals surface area (Å²) in [4.78, 5) is 12.5. The number of phenols is 1. The molecule has 0 radical (unpaired) electrons. The molecule has 2 aromatic carbocycles. The quantitative estimate of drug-likeness (QED) is 0.453. The van der Waals surface area contributed by atoms with Gasteiger partial charge in [-0.15, -0.1) is 0 Å². The molecule has 0 fully saturated rings. The topological polar surface area (TPSA) is 89.4 Å². The molecule has 0 saturated heterocycles. The van der Waals surface area contributed by atoms with E-state index in [1.54, 1.807) is 38.6 Å². The van der Waals surface area contributed by atoms with Crippen LogP contribution in [0.1, 0.15) is 11.1 Å². The van der Waals surface area contributed by atoms with Crippen molar-refractivity contribution in [2.24, 2.45) is 0 Å². The molecule has 0 spiro atoms. The summed E-state index contributed by atoms with van der Waals surface area (Å²) in [6.07, 6.45) is 5.59. The summed E-state index contributed by atoms with van der Waals surface area (Å²) in [5, 5.41) is 13.5. The van der Waals surface area contributed by atoms with Crippen LogP contribution < -0.4 is 14.8 Å². The van der Waals surface area contributed by atoms with Crippen LogP contribution in [-0.2, 0) is 6.42 Å². The van der Waals surface area contributed by atoms with Crippen molar-refractivity contribution < 1.29 is 19.0 Å². The molecule has 7 nitrogen and oxygen atoms in total. The third-order valence-corrected chi connectivity index (χ3v) is 4.86. The lowest BCUT2D eigenvalue weighted by atomic mass is 10.1. The SMILES string of the molecule is COc1cc2c(Nc3cc(O)c(C)cc3F)ncnc2cc1OCCc1ccncc1. The fourth-order valence-corrected chi connectivity index (χ4v) is 3.15. The molecule has 0 atom stereocenters. The Hall–Kier alpha value is -3.94. The monoisotopic (exact) mass is 420 g/mol. The molecule has 0 unspecified atom stereocenters. The summed E-state index contributed by atoms with van der Waals surface area (Å²) < 4.78 is 25.8. The van der Waals surface area contributed by atoms with Crippen LogP contribution in [0.25, 0.3) is 10.9 Å². The lowest BCUT2D eigenvalue weighted by molar-refractivity contribution is 0.298. The minimum atomic E-state index is -0.495. The number of hydrogen-bond donors (Lipinski definition) is 2. The molecule has 4 rings (SSSR count). The summed E-state index contributed by atoms with van der Waals surface area (Å²) >= 11 is 0. The number of methoxy groups -OCH3 is 1. The third kappa shape index (κ3) is 4.48. The number of hydrogen-bond acceptors (Lipinski definition) is 7. The van der Waals surface area contributed by atoms with E-state index in [0.29, 0.717) is 40.4 Å². The first kappa shape index (κ1) is 20.3. The van der Waals surface area contributed by atoms with Crippen LogP contribution in [0, 0.1) is 12.7 Å². The second-order valence-electron chi connectivity index (χ2n) is 6.94. The molecule has 0 aliphatic heterocycles. The molecular formula is C23H21FN4O3. The van der Waals surface area contributed by atoms with Crippen molar-refractivity contribution in [2.75, 3.05) is 19.0 Å². The van der Waals surface area contributed by atoms with Gasteiger partial charge >= 0.3 is 0 Å². The van der Waals surface area contributed by atoms with Crippen LogP contribution in [0.5, 0.6) is 17.2 Å². The second kappa shape index (κ2) is 8.83. The fourth-order valence-electron chi connectivity index (χ4n) is 3.15. The highest BCUT2D eigenvalue weighted by Gasteiger charge is 2.14. The molecule has 2 aromatic heterocycles. The lowest BCUT2D eigenvalue weighted by Gasteiger charge is -2.14. The van der Waals surface area contributed by atoms with E-state index in [4.69, 9.17) is 9.47 Å². The molecule has 158 valence electrons. The Bertz CT molecular complexity index is 1220. The van der Waals surface area contributed by atoms with Crippen LogP contribution in [0.2, 0.25) is 0 Å². The highest BCUT2D eigenvalue weighted by molar-refractivity contribution is 5.93. The summed E-state index contributed by atoms with van der Waals surface area (Å²) in [6.45, 7) is 2.08. The maximum Gasteiger partial charge on any atom is 0.163 e. The van der Waals surface area contributed by atoms with Gasteiger partial charge in [-0.1, -0.05) is 0 Å². The molecule has 4 aromatic rings. The van der Waals surface area contributed by atoms with E-state index >= 15 is 0 Å². The van der Waals surface area contributed by atoms with Gasteiger partial charge in [0.05, 0.1) is 24.9 Å². The van der Waals surface area contributed by atoms with Crippen LogP contribution in [0.15, 0.2) is 55.1 Å². The number of benzene rings is 2. The number of rotatable bonds is 7. The van der Waals surface area contributed by atoms with Crippen molar-refractivity contribution in [1.29, 1.82) is 0 Å². The van der Waals surface area contributed by atoms with Gasteiger partial charge in [0.25, 0.3) is 0 Å². The van der Waals surface area contributed by atoms with Gasteiger partial charge in [-0.3, -0.25) is 4.98 Å². The highest BCUT2D eigenvalue weighted by Crippen LogP contribution is 2.35. The van der Waals surface area contributed by atoms with Crippen molar-refractivity contribution in [3.05, 3.63) is 72.1 Å². The molecule has 31 heavy (non-hydrogen) atoms. The summed E-state index contributed by atoms with van der Waals surface area (Å²) in [5.41, 5.74) is 2.28. The Morgan fingerprint density at radius 3 is 2.65 bits per heavy atom. The minimum absolute atomic E-state index is 0.00951. The first-order valence-electron chi connectivity index (χ1n) is 9.65. The number of aromatic hydroxyl groups is 1. The van der Waals surface area contributed by atoms with E-state index < -0.39 is 5.82 Å². The van der Waals surface area contributed by atoms with Crippen molar-refractivity contribution in [3.63, 3.8) is 0 Å². The van der Waals surface area contributed by atoms with Gasteiger partial charge < -0.3 is 19.9 Å². The van der Waals surface area contributed by atoms with E-state index in [1.807, 2.05) is 12.1 Å². The van der Waals surface area contributed by atoms with Crippen molar-refractivity contribution in [3.8, 4) is 17.2 Å². The van der Waals surface area contributed by atoms with Gasteiger partial charge in [0, 0.05) is 36.3 Å². The van der Waals surface area contributed by atoms with E-state index in [2.05, 4.69) is 20.3 Å². The second-order valence-corrected chi connectivity index (χ2v) is 6.94. The maximum absolute atomic E-state index is 14.3. The Kier molecular flexibility index (Phi) is 5.79. The molecule has 0 saturated carbocycles. The average Bonchev–Trinajstić information content (AvgIpc) is 2.78. The minimum Gasteiger partial charge on any atom is -0.508 e. The third-order valence-electron chi connectivity index (χ3n) is 4.86. The largest absolute Gasteiger partial charge is 0.508 e. The van der Waals surface area contributed by atoms with E-state index in [-0.39, 0.29) is 11.4 Å². The maximum atomic E-state index is 14.3. The number of fused-ring (bicyclic) bond motifs is 1. The predicted octanol–water partition coefficient (Wildman–Crippen LogP) is 4.55. The standard InChI is InChI=1S/C23H21FN4O3/c1-14-9-17(24)19(11-20(14)29)28-23-16-10-21(30-2)22(12-18(16)26-13-27-23)31-8-5-15-3-6-25-7-4-15/h3-4,6-7,9-13,29H,5,8H2,1-2H3,(H,26,27,28). The van der Waals surface area contributed by atoms with Crippen LogP contribution in [0.4, 0.5) is 15.9 Å². The first-order valence-corrected chi connectivity index (χ1v) is 9.65. The normalized spacial score (nSPS) is 10.8. The number of ether oxygens (including phenoxy) is 2. The van der Waals surface area contributed by atoms with Crippen molar-refractivity contribution >= 4 is 22.4 Å². The highest BCUT2D eigenvalue weighted by atomic mass is 19.1. The number of phenolic OH excluding ortho intramolecular Hbond substituents is 1. The summed E-state index contributed by atoms with van der Waals surface area (Å²) in [7, 11) is 1.55. The molecule has 0 bridgehead atoms. The predicted molar refractivity (Wildman–Crippen MR) is 116 cm³/mol. The first-order chi connectivity index (χ1) is 15.0. The Morgan fingerprint density at radius 1 is 1.06 bits per heavy atom. The zero-order valence-electron chi connectivity index (χ0n) is 17.1. The van der Waals surface area contributed by atoms with Gasteiger partial charge in [-0.2, -0.15) is 0 Å². The molecule has 0 amide bonds. The van der Waals surface area contributed by atoms with E-state index in [1.165, 1.54) is 18.5 Å². The zero-order valence-corrected chi connectivity index (χ0v) is 17.1. The fraction of sp³-hybridized carbons (Fsp3) is 0.174.